The lowest BCUT2D eigenvalue weighted by Crippen LogP contribution is -2.13. The van der Waals surface area contributed by atoms with E-state index in [0.717, 1.165) is 0 Å². The van der Waals surface area contributed by atoms with E-state index < -0.39 is 0 Å². The van der Waals surface area contributed by atoms with Crippen LogP contribution < -0.4 is 4.74 Å². The zero-order chi connectivity index (χ0) is 13.5. The fourth-order valence-electron chi connectivity index (χ4n) is 1.07. The van der Waals surface area contributed by atoms with Crippen LogP contribution >= 0.6 is 23.2 Å². The maximum atomic E-state index is 6.02. The van der Waals surface area contributed by atoms with Crippen LogP contribution in [0.1, 0.15) is 0 Å². The number of halogens is 2. The van der Waals surface area contributed by atoms with Gasteiger partial charge in [0.05, 0.1) is 22.8 Å². The van der Waals surface area contributed by atoms with Gasteiger partial charge < -0.3 is 4.74 Å². The van der Waals surface area contributed by atoms with Crippen molar-refractivity contribution in [2.24, 2.45) is 4.99 Å². The molecule has 1 aromatic rings. The van der Waals surface area contributed by atoms with E-state index in [1.807, 2.05) is 0 Å². The monoisotopic (exact) mass is 286 g/mol. The smallest absolute Gasteiger partial charge is 0.158 e. The first-order chi connectivity index (χ1) is 8.58. The molecule has 96 valence electrons. The molecule has 0 aliphatic rings. The van der Waals surface area contributed by atoms with Crippen LogP contribution in [0, 0.1) is 12.3 Å². The van der Waals surface area contributed by atoms with Gasteiger partial charge in [0.25, 0.3) is 0 Å². The first kappa shape index (κ1) is 14.7. The van der Waals surface area contributed by atoms with Gasteiger partial charge in [0, 0.05) is 7.05 Å². The van der Waals surface area contributed by atoms with Gasteiger partial charge in [-0.1, -0.05) is 29.1 Å². The van der Waals surface area contributed by atoms with Crippen LogP contribution in [0.3, 0.4) is 0 Å². The number of rotatable bonds is 5. The maximum absolute atomic E-state index is 6.02. The lowest BCUT2D eigenvalue weighted by molar-refractivity contribution is -0.0363. The molecule has 0 saturated heterocycles. The van der Waals surface area contributed by atoms with Crippen molar-refractivity contribution in [3.63, 3.8) is 0 Å². The fourth-order valence-corrected chi connectivity index (χ4v) is 1.65. The highest BCUT2D eigenvalue weighted by molar-refractivity contribution is 6.37. The van der Waals surface area contributed by atoms with Crippen molar-refractivity contribution in [3.05, 3.63) is 22.2 Å². The van der Waals surface area contributed by atoms with Gasteiger partial charge in [0.15, 0.2) is 5.75 Å². The Balaban J connectivity index is 2.93. The van der Waals surface area contributed by atoms with Crippen LogP contribution in [0.25, 0.3) is 0 Å². The highest BCUT2D eigenvalue weighted by Crippen LogP contribution is 2.36. The minimum atomic E-state index is 0.106. The Morgan fingerprint density at radius 1 is 1.44 bits per heavy atom. The number of benzene rings is 1. The van der Waals surface area contributed by atoms with E-state index in [0.29, 0.717) is 21.5 Å². The van der Waals surface area contributed by atoms with Gasteiger partial charge in [-0.2, -0.15) is 0 Å². The number of hydrogen-bond donors (Lipinski definition) is 0. The Labute approximate surface area is 116 Å². The Hall–Kier alpha value is -1.41. The molecule has 1 rings (SSSR count). The van der Waals surface area contributed by atoms with Gasteiger partial charge in [-0.05, 0) is 12.1 Å². The summed E-state index contributed by atoms with van der Waals surface area (Å²) in [6.45, 7) is 0.106. The van der Waals surface area contributed by atoms with Crippen LogP contribution in [0.15, 0.2) is 17.1 Å². The average Bonchev–Trinajstić information content (AvgIpc) is 2.35. The molecule has 0 aliphatic heterocycles. The molecule has 0 saturated carbocycles. The van der Waals surface area contributed by atoms with E-state index in [4.69, 9.17) is 39.2 Å². The second-order valence-corrected chi connectivity index (χ2v) is 4.02. The van der Waals surface area contributed by atoms with Crippen molar-refractivity contribution < 1.29 is 9.57 Å². The number of hydroxylamine groups is 2. The molecule has 0 aromatic heterocycles. The average molecular weight is 287 g/mol. The minimum Gasteiger partial charge on any atom is -0.478 e. The Morgan fingerprint density at radius 3 is 2.56 bits per heavy atom. The first-order valence-electron chi connectivity index (χ1n) is 4.95. The second-order valence-electron chi connectivity index (χ2n) is 3.20. The summed E-state index contributed by atoms with van der Waals surface area (Å²) in [4.78, 5) is 9.01. The Kier molecular flexibility index (Phi) is 5.79. The Bertz CT molecular complexity index is 460. The summed E-state index contributed by atoms with van der Waals surface area (Å²) in [7, 11) is 3.24. The molecule has 4 nitrogen and oxygen atoms in total. The van der Waals surface area contributed by atoms with Crippen molar-refractivity contribution in [1.82, 2.24) is 5.06 Å². The summed E-state index contributed by atoms with van der Waals surface area (Å²) in [5.41, 5.74) is 0.585. The lowest BCUT2D eigenvalue weighted by atomic mass is 10.3. The fraction of sp³-hybridized carbons (Fsp3) is 0.250. The van der Waals surface area contributed by atoms with Crippen LogP contribution in [0.5, 0.6) is 5.75 Å². The van der Waals surface area contributed by atoms with Crippen molar-refractivity contribution in [3.8, 4) is 18.1 Å². The maximum Gasteiger partial charge on any atom is 0.158 e. The molecule has 0 bridgehead atoms. The SMILES string of the molecule is C#CCOc1c(Cl)cc(N=CN(C)OC)cc1Cl. The molecule has 0 spiro atoms. The Morgan fingerprint density at radius 2 is 2.06 bits per heavy atom. The summed E-state index contributed by atoms with van der Waals surface area (Å²) in [5.74, 6) is 2.70. The molecule has 0 aliphatic carbocycles. The zero-order valence-electron chi connectivity index (χ0n) is 9.98. The van der Waals surface area contributed by atoms with Crippen LogP contribution in [0.2, 0.25) is 10.0 Å². The standard InChI is InChI=1S/C12H12Cl2N2O2/c1-4-5-18-12-10(13)6-9(7-11(12)14)15-8-16(2)17-3/h1,6-8H,5H2,2-3H3. The summed E-state index contributed by atoms with van der Waals surface area (Å²) in [6, 6.07) is 3.25. The molecule has 0 atom stereocenters. The van der Waals surface area contributed by atoms with Crippen molar-refractivity contribution >= 4 is 35.2 Å². The number of nitrogens with zero attached hydrogens (tertiary/aromatic N) is 2. The van der Waals surface area contributed by atoms with Crippen LogP contribution in [-0.2, 0) is 4.84 Å². The highest BCUT2D eigenvalue weighted by atomic mass is 35.5. The summed E-state index contributed by atoms with van der Waals surface area (Å²) in [6.07, 6.45) is 6.59. The van der Waals surface area contributed by atoms with E-state index in [9.17, 15) is 0 Å². The largest absolute Gasteiger partial charge is 0.478 e. The summed E-state index contributed by atoms with van der Waals surface area (Å²) >= 11 is 12.0. The third-order valence-corrected chi connectivity index (χ3v) is 2.50. The van der Waals surface area contributed by atoms with Crippen LogP contribution in [-0.4, -0.2) is 32.2 Å². The summed E-state index contributed by atoms with van der Waals surface area (Å²) in [5, 5.41) is 2.14. The third-order valence-electron chi connectivity index (χ3n) is 1.94. The second kappa shape index (κ2) is 7.12. The van der Waals surface area contributed by atoms with Gasteiger partial charge in [0.1, 0.15) is 12.9 Å². The molecule has 0 unspecified atom stereocenters. The number of aliphatic imine (C=N–C) groups is 1. The minimum absolute atomic E-state index is 0.106. The zero-order valence-corrected chi connectivity index (χ0v) is 11.5. The normalized spacial score (nSPS) is 10.4. The van der Waals surface area contributed by atoms with E-state index in [1.165, 1.54) is 18.5 Å². The number of ether oxygens (including phenoxy) is 1. The van der Waals surface area contributed by atoms with Crippen molar-refractivity contribution in [2.75, 3.05) is 20.8 Å². The van der Waals surface area contributed by atoms with E-state index in [2.05, 4.69) is 10.9 Å². The summed E-state index contributed by atoms with van der Waals surface area (Å²) < 4.78 is 5.23. The molecule has 1 aromatic carbocycles. The first-order valence-corrected chi connectivity index (χ1v) is 5.70. The molecule has 6 heteroatoms. The molecule has 0 radical (unpaired) electrons. The van der Waals surface area contributed by atoms with Gasteiger partial charge in [-0.3, -0.25) is 4.84 Å². The van der Waals surface area contributed by atoms with E-state index in [1.54, 1.807) is 19.2 Å². The predicted octanol–water partition coefficient (Wildman–Crippen LogP) is 3.16. The van der Waals surface area contributed by atoms with Crippen LogP contribution in [0.4, 0.5) is 5.69 Å². The van der Waals surface area contributed by atoms with Gasteiger partial charge >= 0.3 is 0 Å². The number of hydrogen-bond acceptors (Lipinski definition) is 3. The molecule has 0 fully saturated rings. The van der Waals surface area contributed by atoms with E-state index >= 15 is 0 Å². The third kappa shape index (κ3) is 4.11. The molecular weight excluding hydrogens is 275 g/mol. The highest BCUT2D eigenvalue weighted by Gasteiger charge is 2.09. The quantitative estimate of drug-likeness (QED) is 0.361. The topological polar surface area (TPSA) is 34.1 Å². The molecule has 0 N–H and O–H groups in total. The molecule has 18 heavy (non-hydrogen) atoms. The molecular formula is C12H12Cl2N2O2. The molecule has 0 amide bonds. The van der Waals surface area contributed by atoms with Gasteiger partial charge in [-0.25, -0.2) is 10.1 Å². The van der Waals surface area contributed by atoms with Gasteiger partial charge in [-0.15, -0.1) is 6.42 Å². The van der Waals surface area contributed by atoms with Gasteiger partial charge in [0.2, 0.25) is 0 Å². The van der Waals surface area contributed by atoms with Crippen molar-refractivity contribution in [1.29, 1.82) is 0 Å². The predicted molar refractivity (Wildman–Crippen MR) is 73.7 cm³/mol. The number of terminal acetylenes is 1. The molecule has 0 heterocycles. The van der Waals surface area contributed by atoms with Crippen molar-refractivity contribution in [2.45, 2.75) is 0 Å². The lowest BCUT2D eigenvalue weighted by Gasteiger charge is -2.10. The van der Waals surface area contributed by atoms with E-state index in [-0.39, 0.29) is 6.61 Å².